The van der Waals surface area contributed by atoms with E-state index in [1.807, 2.05) is 6.07 Å². The Labute approximate surface area is 122 Å². The smallest absolute Gasteiger partial charge is 0.228 e. The Morgan fingerprint density at radius 3 is 2.90 bits per heavy atom. The fourth-order valence-electron chi connectivity index (χ4n) is 2.34. The number of aromatic nitrogens is 1. The van der Waals surface area contributed by atoms with Crippen LogP contribution in [0.3, 0.4) is 0 Å². The second kappa shape index (κ2) is 5.67. The zero-order valence-corrected chi connectivity index (χ0v) is 12.1. The van der Waals surface area contributed by atoms with Crippen molar-refractivity contribution in [2.45, 2.75) is 6.42 Å². The van der Waals surface area contributed by atoms with Crippen molar-refractivity contribution in [1.29, 1.82) is 5.26 Å². The zero-order chi connectivity index (χ0) is 15.6. The minimum Gasteiger partial charge on any atom is -0.495 e. The van der Waals surface area contributed by atoms with E-state index in [4.69, 9.17) is 9.88 Å². The van der Waals surface area contributed by atoms with Crippen molar-refractivity contribution >= 4 is 21.7 Å². The van der Waals surface area contributed by atoms with Crippen LogP contribution < -0.4 is 14.8 Å². The molecule has 1 saturated heterocycles. The third-order valence-corrected chi connectivity index (χ3v) is 4.09. The molecule has 0 saturated carbocycles. The van der Waals surface area contributed by atoms with Gasteiger partial charge in [-0.3, -0.25) is 9.69 Å². The van der Waals surface area contributed by atoms with E-state index < -0.39 is 15.9 Å². The first kappa shape index (κ1) is 15.2. The normalized spacial score (nSPS) is 18.6. The molecule has 21 heavy (non-hydrogen) atoms. The summed E-state index contributed by atoms with van der Waals surface area (Å²) in [4.78, 5) is 17.4. The Kier molecular flexibility index (Phi) is 4.11. The third-order valence-electron chi connectivity index (χ3n) is 3.15. The molecule has 1 amide bonds. The van der Waals surface area contributed by atoms with Crippen LogP contribution in [0.25, 0.3) is 0 Å². The van der Waals surface area contributed by atoms with Crippen LogP contribution in [0.15, 0.2) is 12.3 Å². The molecule has 0 radical (unpaired) electrons. The molecule has 1 atom stereocenters. The highest BCUT2D eigenvalue weighted by Gasteiger charge is 2.35. The van der Waals surface area contributed by atoms with Gasteiger partial charge < -0.3 is 4.74 Å². The van der Waals surface area contributed by atoms with Crippen molar-refractivity contribution in [3.05, 3.63) is 17.8 Å². The number of ether oxygens (including phenoxy) is 1. The van der Waals surface area contributed by atoms with Crippen LogP contribution in [-0.4, -0.2) is 38.7 Å². The molecule has 1 aromatic heterocycles. The molecule has 2 heterocycles. The minimum absolute atomic E-state index is 0.0557. The number of carbonyl (C=O) groups excluding carboxylic acids is 1. The van der Waals surface area contributed by atoms with Gasteiger partial charge in [-0.15, -0.1) is 0 Å². The summed E-state index contributed by atoms with van der Waals surface area (Å²) in [6, 6.07) is 3.47. The summed E-state index contributed by atoms with van der Waals surface area (Å²) in [5, 5.41) is 14.2. The Bertz CT molecular complexity index is 710. The molecule has 1 fully saturated rings. The summed E-state index contributed by atoms with van der Waals surface area (Å²) in [5.74, 6) is -0.488. The lowest BCUT2D eigenvalue weighted by atomic mass is 10.1. The molecule has 2 rings (SSSR count). The van der Waals surface area contributed by atoms with E-state index in [9.17, 15) is 18.5 Å². The summed E-state index contributed by atoms with van der Waals surface area (Å²) in [6.45, 7) is 0.157. The average molecular weight is 310 g/mol. The molecule has 0 aromatic carbocycles. The number of nitrogens with zero attached hydrogens (tertiary/aromatic N) is 3. The van der Waals surface area contributed by atoms with Gasteiger partial charge in [-0.2, -0.15) is 5.26 Å². The topological polar surface area (TPSA) is 126 Å². The van der Waals surface area contributed by atoms with E-state index in [0.29, 0.717) is 5.75 Å². The van der Waals surface area contributed by atoms with E-state index in [1.165, 1.54) is 24.3 Å². The highest BCUT2D eigenvalue weighted by atomic mass is 32.2. The molecule has 1 unspecified atom stereocenters. The summed E-state index contributed by atoms with van der Waals surface area (Å²) < 4.78 is 27.3. The number of hydrogen-bond donors (Lipinski definition) is 1. The lowest BCUT2D eigenvalue weighted by molar-refractivity contribution is -0.117. The molecule has 0 spiro atoms. The highest BCUT2D eigenvalue weighted by Crippen LogP contribution is 2.30. The molecule has 2 N–H and O–H groups in total. The van der Waals surface area contributed by atoms with Gasteiger partial charge in [0.25, 0.3) is 0 Å². The van der Waals surface area contributed by atoms with Gasteiger partial charge in [-0.1, -0.05) is 0 Å². The number of methoxy groups -OCH3 is 1. The molecule has 1 aliphatic heterocycles. The van der Waals surface area contributed by atoms with Crippen molar-refractivity contribution in [1.82, 2.24) is 4.98 Å². The van der Waals surface area contributed by atoms with Crippen molar-refractivity contribution < 1.29 is 17.9 Å². The molecule has 9 heteroatoms. The maximum atomic E-state index is 12.0. The zero-order valence-electron chi connectivity index (χ0n) is 11.3. The Morgan fingerprint density at radius 2 is 2.33 bits per heavy atom. The fourth-order valence-corrected chi connectivity index (χ4v) is 3.22. The summed E-state index contributed by atoms with van der Waals surface area (Å²) in [5.41, 5.74) is 0.143. The Hall–Kier alpha value is -2.18. The average Bonchev–Trinajstić information content (AvgIpc) is 2.75. The number of sulfonamides is 1. The number of anilines is 1. The predicted octanol–water partition coefficient (Wildman–Crippen LogP) is -0.397. The number of pyridine rings is 1. The lowest BCUT2D eigenvalue weighted by Gasteiger charge is -2.17. The predicted molar refractivity (Wildman–Crippen MR) is 73.9 cm³/mol. The van der Waals surface area contributed by atoms with Crippen molar-refractivity contribution in [3.8, 4) is 11.8 Å². The summed E-state index contributed by atoms with van der Waals surface area (Å²) >= 11 is 0. The van der Waals surface area contributed by atoms with Crippen molar-refractivity contribution in [3.63, 3.8) is 0 Å². The van der Waals surface area contributed by atoms with Gasteiger partial charge in [0, 0.05) is 25.1 Å². The van der Waals surface area contributed by atoms with Crippen LogP contribution in [0.2, 0.25) is 0 Å². The molecule has 1 aliphatic rings. The quantitative estimate of drug-likeness (QED) is 0.806. The van der Waals surface area contributed by atoms with Gasteiger partial charge in [0.15, 0.2) is 5.82 Å². The van der Waals surface area contributed by atoms with Crippen LogP contribution in [0, 0.1) is 17.2 Å². The van der Waals surface area contributed by atoms with Gasteiger partial charge in [0.1, 0.15) is 17.4 Å². The van der Waals surface area contributed by atoms with Crippen LogP contribution in [0.1, 0.15) is 12.0 Å². The second-order valence-electron chi connectivity index (χ2n) is 4.73. The summed E-state index contributed by atoms with van der Waals surface area (Å²) in [6.07, 6.45) is 1.48. The standard InChI is InChI=1S/C12H14N4O4S/c1-20-10-2-3-15-12(9(10)5-13)16-6-8(4-11(16)17)7-21(14,18)19/h2-3,8H,4,6-7H2,1H3,(H2,14,18,19). The van der Waals surface area contributed by atoms with Crippen LogP contribution in [-0.2, 0) is 14.8 Å². The number of rotatable bonds is 4. The molecule has 0 bridgehead atoms. The molecular weight excluding hydrogens is 296 g/mol. The van der Waals surface area contributed by atoms with Gasteiger partial charge in [-0.25, -0.2) is 18.5 Å². The number of nitrogens with two attached hydrogens (primary N) is 1. The van der Waals surface area contributed by atoms with E-state index >= 15 is 0 Å². The molecule has 112 valence electrons. The second-order valence-corrected chi connectivity index (χ2v) is 6.39. The van der Waals surface area contributed by atoms with Crippen molar-refractivity contribution in [2.75, 3.05) is 24.3 Å². The Balaban J connectivity index is 2.32. The largest absolute Gasteiger partial charge is 0.495 e. The number of carbonyl (C=O) groups is 1. The number of amides is 1. The number of primary sulfonamides is 1. The first-order valence-electron chi connectivity index (χ1n) is 6.09. The monoisotopic (exact) mass is 310 g/mol. The van der Waals surface area contributed by atoms with Crippen molar-refractivity contribution in [2.24, 2.45) is 11.1 Å². The van der Waals surface area contributed by atoms with E-state index in [-0.39, 0.29) is 36.0 Å². The number of nitriles is 1. The minimum atomic E-state index is -3.65. The van der Waals surface area contributed by atoms with Crippen LogP contribution in [0.5, 0.6) is 5.75 Å². The fraction of sp³-hybridized carbons (Fsp3) is 0.417. The van der Waals surface area contributed by atoms with Gasteiger partial charge in [0.2, 0.25) is 15.9 Å². The molecule has 8 nitrogen and oxygen atoms in total. The van der Waals surface area contributed by atoms with E-state index in [2.05, 4.69) is 4.98 Å². The molecular formula is C12H14N4O4S. The Morgan fingerprint density at radius 1 is 1.62 bits per heavy atom. The van der Waals surface area contributed by atoms with E-state index in [1.54, 1.807) is 0 Å². The lowest BCUT2D eigenvalue weighted by Crippen LogP contribution is -2.28. The van der Waals surface area contributed by atoms with Crippen LogP contribution >= 0.6 is 0 Å². The molecule has 1 aromatic rings. The highest BCUT2D eigenvalue weighted by molar-refractivity contribution is 7.89. The van der Waals surface area contributed by atoms with Gasteiger partial charge in [0.05, 0.1) is 12.9 Å². The van der Waals surface area contributed by atoms with E-state index in [0.717, 1.165) is 0 Å². The maximum Gasteiger partial charge on any atom is 0.228 e. The number of hydrogen-bond acceptors (Lipinski definition) is 6. The third kappa shape index (κ3) is 3.29. The molecule has 0 aliphatic carbocycles. The SMILES string of the molecule is COc1ccnc(N2CC(CS(N)(=O)=O)CC2=O)c1C#N. The van der Waals surface area contributed by atoms with Gasteiger partial charge in [-0.05, 0) is 6.07 Å². The maximum absolute atomic E-state index is 12.0. The summed E-state index contributed by atoms with van der Waals surface area (Å²) in [7, 11) is -2.24. The van der Waals surface area contributed by atoms with Gasteiger partial charge >= 0.3 is 0 Å². The van der Waals surface area contributed by atoms with Crippen LogP contribution in [0.4, 0.5) is 5.82 Å². The first-order valence-corrected chi connectivity index (χ1v) is 7.81. The first-order chi connectivity index (χ1) is 9.85.